The second-order valence-electron chi connectivity index (χ2n) is 11.3. The first kappa shape index (κ1) is 21.2. The average Bonchev–Trinajstić information content (AvgIpc) is 3.44. The van der Waals surface area contributed by atoms with Crippen LogP contribution in [-0.2, 0) is 0 Å². The standard InChI is InChI=1S/C29H36N2O2/c1-28-15-12-21(32)18-19(28)4-9-23-24-10-11-26(29(24,2)16-13-25(23)28)27-14-17-31(30-27)20-5-7-22(33-3)8-6-20/h4-8,11,14,17,21,23-25,32H,9-10,12-13,15-16,18H2,1-3H3/t21-,23-,24-,25-,28-,29-/m0/s1. The van der Waals surface area contributed by atoms with Gasteiger partial charge in [0.05, 0.1) is 24.6 Å². The normalized spacial score (nSPS) is 37.5. The molecule has 6 rings (SSSR count). The molecule has 4 aliphatic carbocycles. The number of benzene rings is 1. The highest BCUT2D eigenvalue weighted by molar-refractivity contribution is 5.70. The van der Waals surface area contributed by atoms with Crippen LogP contribution >= 0.6 is 0 Å². The van der Waals surface area contributed by atoms with Crippen molar-refractivity contribution in [2.45, 2.75) is 64.9 Å². The molecule has 4 aliphatic rings. The minimum absolute atomic E-state index is 0.129. The van der Waals surface area contributed by atoms with Crippen molar-refractivity contribution in [2.24, 2.45) is 28.6 Å². The zero-order chi connectivity index (χ0) is 22.8. The van der Waals surface area contributed by atoms with E-state index in [1.165, 1.54) is 31.3 Å². The summed E-state index contributed by atoms with van der Waals surface area (Å²) < 4.78 is 7.29. The molecule has 0 amide bonds. The Balaban J connectivity index is 1.27. The van der Waals surface area contributed by atoms with E-state index in [1.54, 1.807) is 12.7 Å². The molecule has 4 nitrogen and oxygen atoms in total. The van der Waals surface area contributed by atoms with Crippen molar-refractivity contribution in [2.75, 3.05) is 7.11 Å². The number of aliphatic hydroxyl groups is 1. The lowest BCUT2D eigenvalue weighted by atomic mass is 9.47. The van der Waals surface area contributed by atoms with Gasteiger partial charge in [-0.3, -0.25) is 0 Å². The quantitative estimate of drug-likeness (QED) is 0.574. The summed E-state index contributed by atoms with van der Waals surface area (Å²) in [6.45, 7) is 5.01. The molecule has 0 radical (unpaired) electrons. The lowest BCUT2D eigenvalue weighted by Gasteiger charge is -2.57. The molecule has 2 aromatic rings. The Morgan fingerprint density at radius 3 is 2.55 bits per heavy atom. The minimum Gasteiger partial charge on any atom is -0.497 e. The van der Waals surface area contributed by atoms with E-state index in [1.807, 2.05) is 16.8 Å². The van der Waals surface area contributed by atoms with Gasteiger partial charge in [-0.05, 0) is 109 Å². The van der Waals surface area contributed by atoms with Crippen LogP contribution in [0.25, 0.3) is 11.3 Å². The molecule has 4 heteroatoms. The highest BCUT2D eigenvalue weighted by atomic mass is 16.5. The molecule has 1 aromatic carbocycles. The number of allylic oxidation sites excluding steroid dienone is 3. The van der Waals surface area contributed by atoms with Crippen molar-refractivity contribution < 1.29 is 9.84 Å². The molecule has 1 aromatic heterocycles. The van der Waals surface area contributed by atoms with E-state index >= 15 is 0 Å². The summed E-state index contributed by atoms with van der Waals surface area (Å²) in [5.41, 5.74) is 5.70. The maximum atomic E-state index is 10.3. The highest BCUT2D eigenvalue weighted by Crippen LogP contribution is 2.66. The number of methoxy groups -OCH3 is 1. The smallest absolute Gasteiger partial charge is 0.119 e. The van der Waals surface area contributed by atoms with Gasteiger partial charge in [-0.15, -0.1) is 0 Å². The Bertz CT molecular complexity index is 1110. The van der Waals surface area contributed by atoms with Crippen molar-refractivity contribution >= 4 is 5.57 Å². The second kappa shape index (κ2) is 7.59. The van der Waals surface area contributed by atoms with Gasteiger partial charge in [0.25, 0.3) is 0 Å². The van der Waals surface area contributed by atoms with E-state index in [0.717, 1.165) is 48.2 Å². The Morgan fingerprint density at radius 2 is 1.76 bits per heavy atom. The largest absolute Gasteiger partial charge is 0.497 e. The lowest BCUT2D eigenvalue weighted by Crippen LogP contribution is -2.49. The van der Waals surface area contributed by atoms with Crippen molar-refractivity contribution in [1.29, 1.82) is 0 Å². The van der Waals surface area contributed by atoms with Crippen LogP contribution in [0.2, 0.25) is 0 Å². The van der Waals surface area contributed by atoms with Crippen LogP contribution < -0.4 is 4.74 Å². The fraction of sp³-hybridized carbons (Fsp3) is 0.552. The second-order valence-corrected chi connectivity index (χ2v) is 11.3. The van der Waals surface area contributed by atoms with Crippen molar-refractivity contribution in [3.63, 3.8) is 0 Å². The van der Waals surface area contributed by atoms with Gasteiger partial charge >= 0.3 is 0 Å². The molecule has 2 fully saturated rings. The van der Waals surface area contributed by atoms with E-state index in [4.69, 9.17) is 9.84 Å². The monoisotopic (exact) mass is 444 g/mol. The van der Waals surface area contributed by atoms with Gasteiger partial charge in [-0.1, -0.05) is 31.6 Å². The van der Waals surface area contributed by atoms with E-state index < -0.39 is 0 Å². The number of aliphatic hydroxyl groups excluding tert-OH is 1. The molecule has 0 saturated heterocycles. The molecule has 0 bridgehead atoms. The Kier molecular flexibility index (Phi) is 4.88. The third-order valence-corrected chi connectivity index (χ3v) is 9.86. The zero-order valence-electron chi connectivity index (χ0n) is 20.1. The predicted molar refractivity (Wildman–Crippen MR) is 131 cm³/mol. The molecule has 33 heavy (non-hydrogen) atoms. The maximum absolute atomic E-state index is 10.3. The van der Waals surface area contributed by atoms with Gasteiger partial charge in [-0.25, -0.2) is 4.68 Å². The maximum Gasteiger partial charge on any atom is 0.119 e. The number of nitrogens with zero attached hydrogens (tertiary/aromatic N) is 2. The summed E-state index contributed by atoms with van der Waals surface area (Å²) in [5, 5.41) is 15.3. The van der Waals surface area contributed by atoms with E-state index in [-0.39, 0.29) is 11.5 Å². The van der Waals surface area contributed by atoms with Crippen LogP contribution in [0.5, 0.6) is 5.75 Å². The first-order valence-corrected chi connectivity index (χ1v) is 12.7. The molecule has 2 saturated carbocycles. The van der Waals surface area contributed by atoms with E-state index in [9.17, 15) is 5.11 Å². The number of hydrogen-bond acceptors (Lipinski definition) is 3. The molecule has 0 aliphatic heterocycles. The van der Waals surface area contributed by atoms with Gasteiger partial charge in [0.15, 0.2) is 0 Å². The van der Waals surface area contributed by atoms with Crippen LogP contribution in [0.15, 0.2) is 54.3 Å². The van der Waals surface area contributed by atoms with Crippen LogP contribution in [-0.4, -0.2) is 28.1 Å². The molecule has 0 unspecified atom stereocenters. The van der Waals surface area contributed by atoms with Crippen molar-refractivity contribution in [3.8, 4) is 11.4 Å². The van der Waals surface area contributed by atoms with Crippen molar-refractivity contribution in [3.05, 3.63) is 59.9 Å². The third-order valence-electron chi connectivity index (χ3n) is 9.86. The molecular weight excluding hydrogens is 408 g/mol. The van der Waals surface area contributed by atoms with Gasteiger partial charge in [0.1, 0.15) is 5.75 Å². The van der Waals surface area contributed by atoms with E-state index in [0.29, 0.717) is 11.3 Å². The summed E-state index contributed by atoms with van der Waals surface area (Å²) in [5.74, 6) is 3.05. The lowest BCUT2D eigenvalue weighted by molar-refractivity contribution is -0.0238. The van der Waals surface area contributed by atoms with Gasteiger partial charge in [0, 0.05) is 6.20 Å². The average molecular weight is 445 g/mol. The molecule has 0 spiro atoms. The summed E-state index contributed by atoms with van der Waals surface area (Å²) in [4.78, 5) is 0. The number of hydrogen-bond donors (Lipinski definition) is 1. The summed E-state index contributed by atoms with van der Waals surface area (Å²) in [6, 6.07) is 10.3. The zero-order valence-corrected chi connectivity index (χ0v) is 20.1. The minimum atomic E-state index is -0.129. The molecule has 1 N–H and O–H groups in total. The molecule has 1 heterocycles. The van der Waals surface area contributed by atoms with Gasteiger partial charge in [-0.2, -0.15) is 5.10 Å². The summed E-state index contributed by atoms with van der Waals surface area (Å²) >= 11 is 0. The SMILES string of the molecule is COc1ccc(-n2ccc(C3=CC[C@H]4[C@@H]5CC=C6C[C@@H](O)CC[C@]6(C)[C@H]5CC[C@]34C)n2)cc1. The van der Waals surface area contributed by atoms with Gasteiger partial charge in [0.2, 0.25) is 0 Å². The number of aromatic nitrogens is 2. The van der Waals surface area contributed by atoms with Crippen LogP contribution in [0.1, 0.15) is 64.5 Å². The highest BCUT2D eigenvalue weighted by Gasteiger charge is 2.57. The molecule has 6 atom stereocenters. The first-order chi connectivity index (χ1) is 15.9. The Morgan fingerprint density at radius 1 is 0.970 bits per heavy atom. The van der Waals surface area contributed by atoms with E-state index in [2.05, 4.69) is 50.4 Å². The summed E-state index contributed by atoms with van der Waals surface area (Å²) in [7, 11) is 1.69. The van der Waals surface area contributed by atoms with Gasteiger partial charge < -0.3 is 9.84 Å². The number of ether oxygens (including phenoxy) is 1. The third kappa shape index (κ3) is 3.17. The summed E-state index contributed by atoms with van der Waals surface area (Å²) in [6.07, 6.45) is 14.9. The predicted octanol–water partition coefficient (Wildman–Crippen LogP) is 6.20. The fourth-order valence-electron chi connectivity index (χ4n) is 7.95. The number of rotatable bonds is 3. The van der Waals surface area contributed by atoms with Crippen LogP contribution in [0.4, 0.5) is 0 Å². The fourth-order valence-corrected chi connectivity index (χ4v) is 7.95. The number of fused-ring (bicyclic) bond motifs is 5. The first-order valence-electron chi connectivity index (χ1n) is 12.7. The van der Waals surface area contributed by atoms with Crippen molar-refractivity contribution in [1.82, 2.24) is 9.78 Å². The molecule has 174 valence electrons. The van der Waals surface area contributed by atoms with Crippen LogP contribution in [0.3, 0.4) is 0 Å². The Labute approximate surface area is 197 Å². The Hall–Kier alpha value is -2.33. The topological polar surface area (TPSA) is 47.3 Å². The van der Waals surface area contributed by atoms with Crippen LogP contribution in [0, 0.1) is 28.6 Å². The molecular formula is C29H36N2O2.